The fourth-order valence-corrected chi connectivity index (χ4v) is 3.11. The number of likely N-dealkylation sites (tertiary alicyclic amines) is 1. The maximum absolute atomic E-state index is 12.3. The summed E-state index contributed by atoms with van der Waals surface area (Å²) in [5.74, 6) is 0.269. The number of nitrogens with zero attached hydrogens (tertiary/aromatic N) is 1. The second-order valence-electron chi connectivity index (χ2n) is 6.35. The molecule has 4 heteroatoms. The van der Waals surface area contributed by atoms with Crippen molar-refractivity contribution in [1.82, 2.24) is 10.2 Å². The van der Waals surface area contributed by atoms with E-state index < -0.39 is 0 Å². The molecule has 0 spiro atoms. The molecular formula is C20H22N2O2. The van der Waals surface area contributed by atoms with Gasteiger partial charge in [-0.1, -0.05) is 48.5 Å². The molecule has 1 aliphatic heterocycles. The van der Waals surface area contributed by atoms with Gasteiger partial charge in [-0.15, -0.1) is 0 Å². The van der Waals surface area contributed by atoms with Crippen molar-refractivity contribution in [3.63, 3.8) is 0 Å². The highest BCUT2D eigenvalue weighted by Crippen LogP contribution is 2.20. The minimum absolute atomic E-state index is 0.0675. The number of nitrogens with one attached hydrogen (secondary N) is 1. The molecule has 4 nitrogen and oxygen atoms in total. The number of aryl methyl sites for hydroxylation is 1. The third-order valence-corrected chi connectivity index (χ3v) is 4.45. The summed E-state index contributed by atoms with van der Waals surface area (Å²) in [6, 6.07) is 17.5. The maximum atomic E-state index is 12.3. The van der Waals surface area contributed by atoms with Crippen molar-refractivity contribution in [3.8, 4) is 0 Å². The molecule has 0 radical (unpaired) electrons. The van der Waals surface area contributed by atoms with Gasteiger partial charge >= 0.3 is 0 Å². The van der Waals surface area contributed by atoms with Gasteiger partial charge < -0.3 is 10.2 Å². The second-order valence-corrected chi connectivity index (χ2v) is 6.35. The van der Waals surface area contributed by atoms with Gasteiger partial charge in [0.2, 0.25) is 5.91 Å². The fourth-order valence-electron chi connectivity index (χ4n) is 3.11. The number of carbonyl (C=O) groups excluding carboxylic acids is 2. The zero-order chi connectivity index (χ0) is 16.9. The molecule has 0 aliphatic carbocycles. The lowest BCUT2D eigenvalue weighted by Gasteiger charge is -2.17. The molecule has 24 heavy (non-hydrogen) atoms. The van der Waals surface area contributed by atoms with Crippen molar-refractivity contribution in [1.29, 1.82) is 0 Å². The van der Waals surface area contributed by atoms with Crippen molar-refractivity contribution in [3.05, 3.63) is 71.3 Å². The number of carbonyl (C=O) groups is 2. The summed E-state index contributed by atoms with van der Waals surface area (Å²) in [5, 5.41) is 2.97. The van der Waals surface area contributed by atoms with E-state index in [0.717, 1.165) is 11.1 Å². The topological polar surface area (TPSA) is 49.4 Å². The third-order valence-electron chi connectivity index (χ3n) is 4.45. The first-order chi connectivity index (χ1) is 11.6. The fraction of sp³-hybridized carbons (Fsp3) is 0.300. The molecule has 1 N–H and O–H groups in total. The Labute approximate surface area is 142 Å². The van der Waals surface area contributed by atoms with Gasteiger partial charge in [-0.3, -0.25) is 9.59 Å². The summed E-state index contributed by atoms with van der Waals surface area (Å²) in [7, 11) is 0. The number of rotatable bonds is 5. The summed E-state index contributed by atoms with van der Waals surface area (Å²) in [6.45, 7) is 3.80. The van der Waals surface area contributed by atoms with Crippen LogP contribution in [0.5, 0.6) is 0 Å². The summed E-state index contributed by atoms with van der Waals surface area (Å²) in [4.78, 5) is 26.3. The molecule has 0 aromatic heterocycles. The first-order valence-corrected chi connectivity index (χ1v) is 8.29. The van der Waals surface area contributed by atoms with Gasteiger partial charge in [0.1, 0.15) is 0 Å². The minimum atomic E-state index is -0.0675. The molecule has 1 heterocycles. The molecule has 2 aromatic rings. The van der Waals surface area contributed by atoms with Crippen molar-refractivity contribution in [2.45, 2.75) is 19.9 Å². The normalized spacial score (nSPS) is 17.1. The molecular weight excluding hydrogens is 300 g/mol. The molecule has 3 rings (SSSR count). The van der Waals surface area contributed by atoms with Crippen LogP contribution in [0.2, 0.25) is 0 Å². The Balaban J connectivity index is 1.53. The Morgan fingerprint density at radius 1 is 1.12 bits per heavy atom. The average Bonchev–Trinajstić information content (AvgIpc) is 2.94. The lowest BCUT2D eigenvalue weighted by Crippen LogP contribution is -2.31. The monoisotopic (exact) mass is 322 g/mol. The number of amides is 2. The highest BCUT2D eigenvalue weighted by atomic mass is 16.2. The van der Waals surface area contributed by atoms with Gasteiger partial charge in [-0.2, -0.15) is 0 Å². The van der Waals surface area contributed by atoms with Crippen molar-refractivity contribution in [2.75, 3.05) is 13.1 Å². The molecule has 124 valence electrons. The van der Waals surface area contributed by atoms with E-state index in [0.29, 0.717) is 31.6 Å². The number of benzene rings is 2. The van der Waals surface area contributed by atoms with Crippen molar-refractivity contribution < 1.29 is 9.59 Å². The average molecular weight is 322 g/mol. The molecule has 0 bridgehead atoms. The van der Waals surface area contributed by atoms with E-state index in [1.54, 1.807) is 0 Å². The van der Waals surface area contributed by atoms with E-state index in [4.69, 9.17) is 0 Å². The van der Waals surface area contributed by atoms with Crippen molar-refractivity contribution in [2.24, 2.45) is 5.92 Å². The molecule has 0 unspecified atom stereocenters. The van der Waals surface area contributed by atoms with Crippen LogP contribution in [0.15, 0.2) is 54.6 Å². The predicted molar refractivity (Wildman–Crippen MR) is 93.5 cm³/mol. The number of hydrogen-bond acceptors (Lipinski definition) is 2. The standard InChI is InChI=1S/C20H22N2O2/c1-15-7-5-6-10-18(15)20(24)21-12-17-11-19(23)22(14-17)13-16-8-3-2-4-9-16/h2-10,17H,11-14H2,1H3,(H,21,24)/t17-/m0/s1. The predicted octanol–water partition coefficient (Wildman–Crippen LogP) is 2.77. The van der Waals surface area contributed by atoms with Crippen molar-refractivity contribution >= 4 is 11.8 Å². The molecule has 1 saturated heterocycles. The highest BCUT2D eigenvalue weighted by molar-refractivity contribution is 5.95. The first-order valence-electron chi connectivity index (χ1n) is 8.29. The third kappa shape index (κ3) is 3.82. The van der Waals surface area contributed by atoms with E-state index in [9.17, 15) is 9.59 Å². The minimum Gasteiger partial charge on any atom is -0.352 e. The van der Waals surface area contributed by atoms with Gasteiger partial charge in [0, 0.05) is 37.5 Å². The smallest absolute Gasteiger partial charge is 0.251 e. The zero-order valence-corrected chi connectivity index (χ0v) is 13.9. The second kappa shape index (κ2) is 7.30. The van der Waals surface area contributed by atoms with Gasteiger partial charge in [0.05, 0.1) is 0 Å². The van der Waals surface area contributed by atoms with Gasteiger partial charge in [0.25, 0.3) is 5.91 Å². The zero-order valence-electron chi connectivity index (χ0n) is 13.9. The first kappa shape index (κ1) is 16.2. The lowest BCUT2D eigenvalue weighted by molar-refractivity contribution is -0.128. The molecule has 1 atom stereocenters. The summed E-state index contributed by atoms with van der Waals surface area (Å²) in [6.07, 6.45) is 0.501. The van der Waals surface area contributed by atoms with E-state index >= 15 is 0 Å². The quantitative estimate of drug-likeness (QED) is 0.920. The van der Waals surface area contributed by atoms with Crippen LogP contribution in [0.1, 0.15) is 27.9 Å². The highest BCUT2D eigenvalue weighted by Gasteiger charge is 2.29. The van der Waals surface area contributed by atoms with Crippen LogP contribution in [-0.2, 0) is 11.3 Å². The Kier molecular flexibility index (Phi) is 4.94. The Morgan fingerprint density at radius 2 is 1.83 bits per heavy atom. The van der Waals surface area contributed by atoms with Gasteiger partial charge in [-0.05, 0) is 24.1 Å². The molecule has 0 saturated carbocycles. The largest absolute Gasteiger partial charge is 0.352 e. The van der Waals surface area contributed by atoms with Crippen LogP contribution in [0.4, 0.5) is 0 Å². The Bertz CT molecular complexity index is 727. The molecule has 1 fully saturated rings. The van der Waals surface area contributed by atoms with E-state index in [1.165, 1.54) is 0 Å². The summed E-state index contributed by atoms with van der Waals surface area (Å²) >= 11 is 0. The van der Waals surface area contributed by atoms with E-state index in [-0.39, 0.29) is 17.7 Å². The van der Waals surface area contributed by atoms with Crippen LogP contribution < -0.4 is 5.32 Å². The summed E-state index contributed by atoms with van der Waals surface area (Å²) in [5.41, 5.74) is 2.79. The summed E-state index contributed by atoms with van der Waals surface area (Å²) < 4.78 is 0. The molecule has 1 aliphatic rings. The number of hydrogen-bond donors (Lipinski definition) is 1. The van der Waals surface area contributed by atoms with Crippen LogP contribution in [0.3, 0.4) is 0 Å². The Morgan fingerprint density at radius 3 is 2.58 bits per heavy atom. The SMILES string of the molecule is Cc1ccccc1C(=O)NC[C@@H]1CC(=O)N(Cc2ccccc2)C1. The van der Waals surface area contributed by atoms with Crippen LogP contribution in [0, 0.1) is 12.8 Å². The van der Waals surface area contributed by atoms with Crippen LogP contribution >= 0.6 is 0 Å². The van der Waals surface area contributed by atoms with Crippen LogP contribution in [0.25, 0.3) is 0 Å². The molecule has 2 amide bonds. The van der Waals surface area contributed by atoms with E-state index in [2.05, 4.69) is 5.32 Å². The Hall–Kier alpha value is -2.62. The van der Waals surface area contributed by atoms with Gasteiger partial charge in [-0.25, -0.2) is 0 Å². The maximum Gasteiger partial charge on any atom is 0.251 e. The molecule has 2 aromatic carbocycles. The lowest BCUT2D eigenvalue weighted by atomic mass is 10.1. The van der Waals surface area contributed by atoms with E-state index in [1.807, 2.05) is 66.4 Å². The van der Waals surface area contributed by atoms with Gasteiger partial charge in [0.15, 0.2) is 0 Å². The van der Waals surface area contributed by atoms with Crippen LogP contribution in [-0.4, -0.2) is 29.8 Å².